The van der Waals surface area contributed by atoms with Gasteiger partial charge in [0.05, 0.1) is 11.6 Å². The van der Waals surface area contributed by atoms with Crippen molar-refractivity contribution in [3.63, 3.8) is 0 Å². The minimum atomic E-state index is -0.567. The van der Waals surface area contributed by atoms with Crippen molar-refractivity contribution in [2.24, 2.45) is 10.8 Å². The topological polar surface area (TPSA) is 65.3 Å². The third kappa shape index (κ3) is 3.20. The lowest BCUT2D eigenvalue weighted by Gasteiger charge is -2.14. The average molecular weight is 288 g/mol. The second kappa shape index (κ2) is 5.67. The monoisotopic (exact) mass is 288 g/mol. The van der Waals surface area contributed by atoms with Gasteiger partial charge in [-0.2, -0.15) is 5.26 Å². The van der Waals surface area contributed by atoms with Crippen LogP contribution in [0, 0.1) is 22.2 Å². The standard InChI is InChI=1S/C17H24N2O2/c1-16(2)15(17(16,3)4)19-10-13(20)11-21-14-7-5-6-12(8-14)9-18/h5-8,13,15,19-20H,10-11H2,1-4H3. The minimum Gasteiger partial charge on any atom is -0.491 e. The Kier molecular flexibility index (Phi) is 4.27. The number of hydrogen-bond donors (Lipinski definition) is 2. The fraction of sp³-hybridized carbons (Fsp3) is 0.588. The number of nitriles is 1. The molecule has 1 aliphatic rings. The molecule has 2 N–H and O–H groups in total. The van der Waals surface area contributed by atoms with Crippen molar-refractivity contribution in [2.75, 3.05) is 13.2 Å². The van der Waals surface area contributed by atoms with Gasteiger partial charge >= 0.3 is 0 Å². The van der Waals surface area contributed by atoms with E-state index in [1.165, 1.54) is 0 Å². The second-order valence-corrected chi connectivity index (χ2v) is 6.89. The van der Waals surface area contributed by atoms with Crippen LogP contribution in [0.5, 0.6) is 5.75 Å². The number of aliphatic hydroxyl groups excluding tert-OH is 1. The first-order valence-corrected chi connectivity index (χ1v) is 7.33. The van der Waals surface area contributed by atoms with Crippen LogP contribution in [0.3, 0.4) is 0 Å². The second-order valence-electron chi connectivity index (χ2n) is 6.89. The third-order valence-electron chi connectivity index (χ3n) is 4.98. The maximum Gasteiger partial charge on any atom is 0.120 e. The molecule has 1 unspecified atom stereocenters. The van der Waals surface area contributed by atoms with Crippen LogP contribution in [0.4, 0.5) is 0 Å². The molecule has 1 fully saturated rings. The number of benzene rings is 1. The highest BCUT2D eigenvalue weighted by Gasteiger charge is 2.64. The largest absolute Gasteiger partial charge is 0.491 e. The fourth-order valence-electron chi connectivity index (χ4n) is 2.87. The molecule has 1 aliphatic carbocycles. The summed E-state index contributed by atoms with van der Waals surface area (Å²) in [6.07, 6.45) is -0.567. The number of nitrogens with one attached hydrogen (secondary N) is 1. The van der Waals surface area contributed by atoms with Gasteiger partial charge in [0.15, 0.2) is 0 Å². The zero-order valence-electron chi connectivity index (χ0n) is 13.2. The highest BCUT2D eigenvalue weighted by atomic mass is 16.5. The Labute approximate surface area is 126 Å². The van der Waals surface area contributed by atoms with Gasteiger partial charge in [0.2, 0.25) is 0 Å². The Bertz CT molecular complexity index is 532. The molecule has 1 aromatic carbocycles. The predicted molar refractivity (Wildman–Crippen MR) is 82.0 cm³/mol. The van der Waals surface area contributed by atoms with Gasteiger partial charge < -0.3 is 15.2 Å². The first-order chi connectivity index (χ1) is 9.79. The Morgan fingerprint density at radius 1 is 1.33 bits per heavy atom. The van der Waals surface area contributed by atoms with Crippen LogP contribution in [-0.4, -0.2) is 30.4 Å². The minimum absolute atomic E-state index is 0.218. The van der Waals surface area contributed by atoms with Gasteiger partial charge in [-0.05, 0) is 29.0 Å². The lowest BCUT2D eigenvalue weighted by atomic mass is 10.0. The molecular weight excluding hydrogens is 264 g/mol. The Morgan fingerprint density at radius 2 is 2.00 bits per heavy atom. The molecule has 21 heavy (non-hydrogen) atoms. The number of aliphatic hydroxyl groups is 1. The van der Waals surface area contributed by atoms with Gasteiger partial charge in [-0.15, -0.1) is 0 Å². The average Bonchev–Trinajstić information content (AvgIpc) is 2.84. The number of nitrogens with zero attached hydrogens (tertiary/aromatic N) is 1. The summed E-state index contributed by atoms with van der Waals surface area (Å²) in [7, 11) is 0. The van der Waals surface area contributed by atoms with E-state index in [4.69, 9.17) is 10.00 Å². The quantitative estimate of drug-likeness (QED) is 0.843. The van der Waals surface area contributed by atoms with Crippen LogP contribution in [0.2, 0.25) is 0 Å². The van der Waals surface area contributed by atoms with E-state index in [2.05, 4.69) is 39.1 Å². The Hall–Kier alpha value is -1.57. The van der Waals surface area contributed by atoms with Crippen molar-refractivity contribution in [1.29, 1.82) is 5.26 Å². The first-order valence-electron chi connectivity index (χ1n) is 7.33. The molecule has 0 aliphatic heterocycles. The zero-order valence-corrected chi connectivity index (χ0v) is 13.2. The summed E-state index contributed by atoms with van der Waals surface area (Å²) in [6, 6.07) is 9.44. The molecule has 0 saturated heterocycles. The molecule has 4 nitrogen and oxygen atoms in total. The number of hydrogen-bond acceptors (Lipinski definition) is 4. The Balaban J connectivity index is 1.76. The molecule has 0 radical (unpaired) electrons. The van der Waals surface area contributed by atoms with E-state index in [1.807, 2.05) is 0 Å². The molecule has 1 atom stereocenters. The van der Waals surface area contributed by atoms with Crippen LogP contribution in [0.15, 0.2) is 24.3 Å². The SMILES string of the molecule is CC1(C)C(NCC(O)COc2cccc(C#N)c2)C1(C)C. The molecule has 114 valence electrons. The smallest absolute Gasteiger partial charge is 0.120 e. The highest BCUT2D eigenvalue weighted by molar-refractivity contribution is 5.36. The molecule has 0 aromatic heterocycles. The summed E-state index contributed by atoms with van der Waals surface area (Å²) in [5.41, 5.74) is 1.07. The summed E-state index contributed by atoms with van der Waals surface area (Å²) >= 11 is 0. The molecule has 0 heterocycles. The summed E-state index contributed by atoms with van der Waals surface area (Å²) in [5.74, 6) is 0.611. The normalized spacial score (nSPS) is 20.6. The van der Waals surface area contributed by atoms with Gasteiger partial charge in [0.25, 0.3) is 0 Å². The molecule has 2 rings (SSSR count). The lowest BCUT2D eigenvalue weighted by Crippen LogP contribution is -2.34. The molecule has 0 bridgehead atoms. The summed E-state index contributed by atoms with van der Waals surface area (Å²) < 4.78 is 5.53. The van der Waals surface area contributed by atoms with Crippen LogP contribution >= 0.6 is 0 Å². The van der Waals surface area contributed by atoms with Crippen molar-refractivity contribution in [3.05, 3.63) is 29.8 Å². The summed E-state index contributed by atoms with van der Waals surface area (Å²) in [6.45, 7) is 9.68. The van der Waals surface area contributed by atoms with E-state index in [0.717, 1.165) is 0 Å². The van der Waals surface area contributed by atoms with Crippen molar-refractivity contribution in [3.8, 4) is 11.8 Å². The van der Waals surface area contributed by atoms with E-state index in [-0.39, 0.29) is 17.4 Å². The van der Waals surface area contributed by atoms with E-state index in [1.54, 1.807) is 24.3 Å². The number of rotatable bonds is 6. The van der Waals surface area contributed by atoms with Gasteiger partial charge in [0, 0.05) is 12.6 Å². The molecule has 1 saturated carbocycles. The van der Waals surface area contributed by atoms with Gasteiger partial charge in [-0.3, -0.25) is 0 Å². The van der Waals surface area contributed by atoms with Crippen LogP contribution in [0.25, 0.3) is 0 Å². The first kappa shape index (κ1) is 15.8. The van der Waals surface area contributed by atoms with Crippen LogP contribution < -0.4 is 10.1 Å². The van der Waals surface area contributed by atoms with Crippen LogP contribution in [-0.2, 0) is 0 Å². The van der Waals surface area contributed by atoms with Crippen molar-refractivity contribution in [1.82, 2.24) is 5.32 Å². The van der Waals surface area contributed by atoms with E-state index in [9.17, 15) is 5.11 Å². The maximum absolute atomic E-state index is 10.0. The lowest BCUT2D eigenvalue weighted by molar-refractivity contribution is 0.105. The molecule has 0 spiro atoms. The predicted octanol–water partition coefficient (Wildman–Crippen LogP) is 2.32. The summed E-state index contributed by atoms with van der Waals surface area (Å²) in [5, 5.41) is 22.2. The van der Waals surface area contributed by atoms with E-state index < -0.39 is 6.10 Å². The van der Waals surface area contributed by atoms with Gasteiger partial charge in [-0.25, -0.2) is 0 Å². The van der Waals surface area contributed by atoms with E-state index >= 15 is 0 Å². The van der Waals surface area contributed by atoms with Crippen molar-refractivity contribution in [2.45, 2.75) is 39.8 Å². The highest BCUT2D eigenvalue weighted by Crippen LogP contribution is 2.62. The van der Waals surface area contributed by atoms with Crippen LogP contribution in [0.1, 0.15) is 33.3 Å². The maximum atomic E-state index is 10.0. The van der Waals surface area contributed by atoms with Gasteiger partial charge in [-0.1, -0.05) is 33.8 Å². The van der Waals surface area contributed by atoms with Crippen molar-refractivity contribution >= 4 is 0 Å². The summed E-state index contributed by atoms with van der Waals surface area (Å²) in [4.78, 5) is 0. The Morgan fingerprint density at radius 3 is 2.57 bits per heavy atom. The van der Waals surface area contributed by atoms with E-state index in [0.29, 0.717) is 23.9 Å². The fourth-order valence-corrected chi connectivity index (χ4v) is 2.87. The third-order valence-corrected chi connectivity index (χ3v) is 4.98. The van der Waals surface area contributed by atoms with Gasteiger partial charge in [0.1, 0.15) is 18.5 Å². The molecular formula is C17H24N2O2. The number of ether oxygens (including phenoxy) is 1. The zero-order chi connectivity index (χ0) is 15.7. The van der Waals surface area contributed by atoms with Crippen molar-refractivity contribution < 1.29 is 9.84 Å². The molecule has 1 aromatic rings. The molecule has 0 amide bonds. The molecule has 4 heteroatoms.